The van der Waals surface area contributed by atoms with Crippen molar-refractivity contribution in [3.63, 3.8) is 0 Å². The Hall–Kier alpha value is -4.17. The SMILES string of the molecule is Cc1cccc(C(=O)N/C(=C\c2ccco2)C(=O)NCc2nc(-c3ccccc3Cl)no2)c1. The van der Waals surface area contributed by atoms with E-state index >= 15 is 0 Å². The summed E-state index contributed by atoms with van der Waals surface area (Å²) in [5, 5.41) is 9.69. The first-order valence-electron chi connectivity index (χ1n) is 9.98. The van der Waals surface area contributed by atoms with Crippen molar-refractivity contribution >= 4 is 29.5 Å². The van der Waals surface area contributed by atoms with Crippen molar-refractivity contribution in [1.29, 1.82) is 0 Å². The molecule has 0 spiro atoms. The number of carbonyl (C=O) groups excluding carboxylic acids is 2. The maximum atomic E-state index is 12.9. The van der Waals surface area contributed by atoms with Crippen molar-refractivity contribution in [2.24, 2.45) is 0 Å². The molecule has 0 aliphatic rings. The van der Waals surface area contributed by atoms with Crippen LogP contribution < -0.4 is 10.6 Å². The number of aromatic nitrogens is 2. The first kappa shape index (κ1) is 22.0. The highest BCUT2D eigenvalue weighted by molar-refractivity contribution is 6.33. The molecule has 33 heavy (non-hydrogen) atoms. The maximum absolute atomic E-state index is 12.9. The first-order chi connectivity index (χ1) is 16.0. The van der Waals surface area contributed by atoms with Crippen molar-refractivity contribution in [3.8, 4) is 11.4 Å². The van der Waals surface area contributed by atoms with E-state index in [0.29, 0.717) is 27.7 Å². The fourth-order valence-corrected chi connectivity index (χ4v) is 3.20. The van der Waals surface area contributed by atoms with Crippen molar-refractivity contribution in [2.45, 2.75) is 13.5 Å². The van der Waals surface area contributed by atoms with E-state index in [0.717, 1.165) is 5.56 Å². The molecule has 0 saturated heterocycles. The average molecular weight is 463 g/mol. The second-order valence-electron chi connectivity index (χ2n) is 7.07. The number of carbonyl (C=O) groups is 2. The number of amides is 2. The molecule has 8 nitrogen and oxygen atoms in total. The predicted molar refractivity (Wildman–Crippen MR) is 122 cm³/mol. The highest BCUT2D eigenvalue weighted by Gasteiger charge is 2.17. The summed E-state index contributed by atoms with van der Waals surface area (Å²) in [6, 6.07) is 17.5. The van der Waals surface area contributed by atoms with Crippen LogP contribution in [0.15, 0.2) is 81.6 Å². The number of furan rings is 1. The molecule has 2 N–H and O–H groups in total. The second kappa shape index (κ2) is 9.97. The monoisotopic (exact) mass is 462 g/mol. The zero-order chi connectivity index (χ0) is 23.2. The van der Waals surface area contributed by atoms with Gasteiger partial charge in [-0.05, 0) is 43.3 Å². The molecular formula is C24H19ClN4O4. The van der Waals surface area contributed by atoms with Crippen LogP contribution in [0, 0.1) is 6.92 Å². The molecule has 2 aromatic heterocycles. The molecule has 9 heteroatoms. The molecule has 0 bridgehead atoms. The van der Waals surface area contributed by atoms with Crippen LogP contribution in [0.4, 0.5) is 0 Å². The molecule has 2 aromatic carbocycles. The van der Waals surface area contributed by atoms with Gasteiger partial charge in [-0.2, -0.15) is 4.98 Å². The lowest BCUT2D eigenvalue weighted by Gasteiger charge is -2.10. The Kier molecular flexibility index (Phi) is 6.66. The van der Waals surface area contributed by atoms with Gasteiger partial charge < -0.3 is 19.6 Å². The minimum Gasteiger partial charge on any atom is -0.465 e. The van der Waals surface area contributed by atoms with E-state index in [1.165, 1.54) is 12.3 Å². The first-order valence-corrected chi connectivity index (χ1v) is 10.4. The smallest absolute Gasteiger partial charge is 0.268 e. The number of nitrogens with one attached hydrogen (secondary N) is 2. The topological polar surface area (TPSA) is 110 Å². The van der Waals surface area contributed by atoms with Crippen LogP contribution in [0.2, 0.25) is 5.02 Å². The number of nitrogens with zero attached hydrogens (tertiary/aromatic N) is 2. The molecule has 2 heterocycles. The van der Waals surface area contributed by atoms with Crippen LogP contribution in [0.1, 0.15) is 27.6 Å². The lowest BCUT2D eigenvalue weighted by Crippen LogP contribution is -2.34. The van der Waals surface area contributed by atoms with Crippen LogP contribution in [-0.2, 0) is 11.3 Å². The van der Waals surface area contributed by atoms with Crippen LogP contribution in [0.25, 0.3) is 17.5 Å². The largest absolute Gasteiger partial charge is 0.465 e. The Labute approximate surface area is 194 Å². The van der Waals surface area contributed by atoms with E-state index in [1.54, 1.807) is 48.5 Å². The van der Waals surface area contributed by atoms with Gasteiger partial charge in [0.25, 0.3) is 11.8 Å². The van der Waals surface area contributed by atoms with Gasteiger partial charge >= 0.3 is 0 Å². The average Bonchev–Trinajstić information content (AvgIpc) is 3.49. The molecule has 2 amide bonds. The third kappa shape index (κ3) is 5.55. The Morgan fingerprint density at radius 1 is 1.09 bits per heavy atom. The lowest BCUT2D eigenvalue weighted by molar-refractivity contribution is -0.118. The van der Waals surface area contributed by atoms with Crippen molar-refractivity contribution in [3.05, 3.63) is 100 Å². The number of hydrogen-bond donors (Lipinski definition) is 2. The van der Waals surface area contributed by atoms with E-state index in [1.807, 2.05) is 19.1 Å². The highest BCUT2D eigenvalue weighted by atomic mass is 35.5. The van der Waals surface area contributed by atoms with Crippen molar-refractivity contribution in [2.75, 3.05) is 0 Å². The van der Waals surface area contributed by atoms with Gasteiger partial charge in [-0.3, -0.25) is 9.59 Å². The zero-order valence-corrected chi connectivity index (χ0v) is 18.3. The summed E-state index contributed by atoms with van der Waals surface area (Å²) in [6.45, 7) is 1.83. The van der Waals surface area contributed by atoms with Gasteiger partial charge in [0.2, 0.25) is 11.7 Å². The van der Waals surface area contributed by atoms with E-state index in [4.69, 9.17) is 20.5 Å². The predicted octanol–water partition coefficient (Wildman–Crippen LogP) is 4.38. The Balaban J connectivity index is 1.48. The maximum Gasteiger partial charge on any atom is 0.268 e. The van der Waals surface area contributed by atoms with Gasteiger partial charge in [-0.25, -0.2) is 0 Å². The minimum atomic E-state index is -0.551. The molecule has 0 atom stereocenters. The molecule has 0 unspecified atom stereocenters. The van der Waals surface area contributed by atoms with Crippen molar-refractivity contribution in [1.82, 2.24) is 20.8 Å². The number of halogens is 1. The quantitative estimate of drug-likeness (QED) is 0.394. The Bertz CT molecular complexity index is 1310. The third-order valence-corrected chi connectivity index (χ3v) is 4.92. The van der Waals surface area contributed by atoms with Crippen molar-refractivity contribution < 1.29 is 18.5 Å². The summed E-state index contributed by atoms with van der Waals surface area (Å²) in [5.41, 5.74) is 1.97. The van der Waals surface area contributed by atoms with E-state index in [2.05, 4.69) is 20.8 Å². The Morgan fingerprint density at radius 3 is 2.70 bits per heavy atom. The van der Waals surface area contributed by atoms with Crippen LogP contribution in [0.3, 0.4) is 0 Å². The highest BCUT2D eigenvalue weighted by Crippen LogP contribution is 2.24. The normalized spacial score (nSPS) is 11.3. The Morgan fingerprint density at radius 2 is 1.94 bits per heavy atom. The molecule has 0 aliphatic carbocycles. The van der Waals surface area contributed by atoms with Gasteiger partial charge in [0.1, 0.15) is 11.5 Å². The van der Waals surface area contributed by atoms with Gasteiger partial charge in [-0.1, -0.05) is 46.6 Å². The molecule has 166 valence electrons. The zero-order valence-electron chi connectivity index (χ0n) is 17.5. The van der Waals surface area contributed by atoms with Gasteiger partial charge in [0.15, 0.2) is 0 Å². The van der Waals surface area contributed by atoms with Gasteiger partial charge in [0, 0.05) is 17.2 Å². The standard InChI is InChI=1S/C24H19ClN4O4/c1-15-6-4-7-16(12-15)23(30)27-20(13-17-8-5-11-32-17)24(31)26-14-21-28-22(29-33-21)18-9-2-3-10-19(18)25/h2-13H,14H2,1H3,(H,26,31)(H,27,30)/b20-13-. The summed E-state index contributed by atoms with van der Waals surface area (Å²) in [7, 11) is 0. The van der Waals surface area contributed by atoms with Crippen LogP contribution >= 0.6 is 11.6 Å². The molecule has 0 fully saturated rings. The second-order valence-corrected chi connectivity index (χ2v) is 7.48. The summed E-state index contributed by atoms with van der Waals surface area (Å²) < 4.78 is 10.5. The number of benzene rings is 2. The van der Waals surface area contributed by atoms with E-state index in [9.17, 15) is 9.59 Å². The third-order valence-electron chi connectivity index (χ3n) is 4.59. The number of aryl methyl sites for hydroxylation is 1. The fourth-order valence-electron chi connectivity index (χ4n) is 2.98. The molecule has 0 saturated carbocycles. The summed E-state index contributed by atoms with van der Waals surface area (Å²) in [4.78, 5) is 29.8. The van der Waals surface area contributed by atoms with Crippen LogP contribution in [0.5, 0.6) is 0 Å². The summed E-state index contributed by atoms with van der Waals surface area (Å²) in [6.07, 6.45) is 2.91. The van der Waals surface area contributed by atoms with Gasteiger partial charge in [-0.15, -0.1) is 0 Å². The molecular weight excluding hydrogens is 444 g/mol. The number of hydrogen-bond acceptors (Lipinski definition) is 6. The van der Waals surface area contributed by atoms with E-state index < -0.39 is 11.8 Å². The van der Waals surface area contributed by atoms with Gasteiger partial charge in [0.05, 0.1) is 17.8 Å². The lowest BCUT2D eigenvalue weighted by atomic mass is 10.1. The summed E-state index contributed by atoms with van der Waals surface area (Å²) >= 11 is 6.17. The van der Waals surface area contributed by atoms with Crippen LogP contribution in [-0.4, -0.2) is 22.0 Å². The molecule has 0 radical (unpaired) electrons. The fraction of sp³-hybridized carbons (Fsp3) is 0.0833. The molecule has 4 rings (SSSR count). The number of rotatable bonds is 7. The minimum absolute atomic E-state index is 0.00213. The summed E-state index contributed by atoms with van der Waals surface area (Å²) in [5.74, 6) is -0.0802. The molecule has 4 aromatic rings. The molecule has 0 aliphatic heterocycles. The van der Waals surface area contributed by atoms with E-state index in [-0.39, 0.29) is 18.1 Å².